The van der Waals surface area contributed by atoms with Crippen LogP contribution in [0.4, 0.5) is 10.5 Å². The zero-order valence-corrected chi connectivity index (χ0v) is 25.8. The summed E-state index contributed by atoms with van der Waals surface area (Å²) in [5.74, 6) is 0.668. The zero-order chi connectivity index (χ0) is 31.1. The fourth-order valence-corrected chi connectivity index (χ4v) is 5.05. The maximum absolute atomic E-state index is 12.9. The van der Waals surface area contributed by atoms with E-state index in [1.807, 2.05) is 99.6 Å². The van der Waals surface area contributed by atoms with Gasteiger partial charge in [-0.2, -0.15) is 0 Å². The Balaban J connectivity index is 1.37. The van der Waals surface area contributed by atoms with Crippen LogP contribution in [0.3, 0.4) is 0 Å². The van der Waals surface area contributed by atoms with Gasteiger partial charge in [-0.25, -0.2) is 14.6 Å². The first-order chi connectivity index (χ1) is 21.2. The molecule has 0 aliphatic rings. The maximum Gasteiger partial charge on any atom is 0.411 e. The van der Waals surface area contributed by atoms with Crippen molar-refractivity contribution in [3.05, 3.63) is 120 Å². The second kappa shape index (κ2) is 13.6. The van der Waals surface area contributed by atoms with E-state index in [0.29, 0.717) is 17.8 Å². The van der Waals surface area contributed by atoms with Crippen LogP contribution in [-0.4, -0.2) is 27.2 Å². The molecule has 0 fully saturated rings. The molecule has 7 heteroatoms. The van der Waals surface area contributed by atoms with Crippen molar-refractivity contribution in [2.75, 3.05) is 5.32 Å². The number of imidazole rings is 1. The lowest BCUT2D eigenvalue weighted by Crippen LogP contribution is -2.24. The Bertz CT molecular complexity index is 1730. The summed E-state index contributed by atoms with van der Waals surface area (Å²) < 4.78 is 13.3. The number of carbonyl (C=O) groups is 2. The number of nitrogens with one attached hydrogen (secondary N) is 1. The number of benzene rings is 4. The van der Waals surface area contributed by atoms with E-state index < -0.39 is 11.7 Å². The number of hydrogen-bond donors (Lipinski definition) is 1. The lowest BCUT2D eigenvalue weighted by atomic mass is 9.98. The lowest BCUT2D eigenvalue weighted by Gasteiger charge is -2.20. The normalized spacial score (nSPS) is 11.4. The molecule has 0 aliphatic heterocycles. The number of carbonyl (C=O) groups excluding carboxylic acids is 2. The largest absolute Gasteiger partial charge is 0.456 e. The summed E-state index contributed by atoms with van der Waals surface area (Å²) in [7, 11) is 0. The minimum Gasteiger partial charge on any atom is -0.456 e. The van der Waals surface area contributed by atoms with Gasteiger partial charge >= 0.3 is 12.1 Å². The highest BCUT2D eigenvalue weighted by molar-refractivity contribution is 5.97. The van der Waals surface area contributed by atoms with Crippen LogP contribution in [0.5, 0.6) is 0 Å². The fourth-order valence-electron chi connectivity index (χ4n) is 5.05. The molecule has 44 heavy (non-hydrogen) atoms. The molecule has 5 aromatic rings. The van der Waals surface area contributed by atoms with E-state index in [4.69, 9.17) is 14.5 Å². The summed E-state index contributed by atoms with van der Waals surface area (Å²) in [6, 6.07) is 31.1. The summed E-state index contributed by atoms with van der Waals surface area (Å²) >= 11 is 0. The zero-order valence-electron chi connectivity index (χ0n) is 25.8. The second-order valence-electron chi connectivity index (χ2n) is 11.9. The molecule has 0 radical (unpaired) electrons. The maximum atomic E-state index is 12.9. The molecule has 1 aromatic heterocycles. The van der Waals surface area contributed by atoms with Gasteiger partial charge in [0.15, 0.2) is 0 Å². The molecule has 0 unspecified atom stereocenters. The standard InChI is InChI=1S/C37H39N3O4/c1-5-6-16-34-39-32-22-21-29(38-36(42)43-25-27-12-8-7-9-13-27)23-33(32)40(34)24-26-17-19-28(20-18-26)30-14-10-11-15-31(30)35(41)44-37(2,3)4/h7-15,17-23H,5-6,16,24-25H2,1-4H3,(H,38,42). The summed E-state index contributed by atoms with van der Waals surface area (Å²) in [5.41, 5.74) is 6.23. The summed E-state index contributed by atoms with van der Waals surface area (Å²) in [6.45, 7) is 8.59. The molecule has 5 rings (SSSR count). The molecule has 1 N–H and O–H groups in total. The van der Waals surface area contributed by atoms with Crippen molar-refractivity contribution < 1.29 is 19.1 Å². The van der Waals surface area contributed by atoms with Crippen LogP contribution in [0, 0.1) is 0 Å². The van der Waals surface area contributed by atoms with Crippen LogP contribution in [-0.2, 0) is 29.0 Å². The van der Waals surface area contributed by atoms with Gasteiger partial charge in [0.05, 0.1) is 16.6 Å². The van der Waals surface area contributed by atoms with E-state index in [0.717, 1.165) is 58.4 Å². The Kier molecular flexibility index (Phi) is 9.44. The molecule has 226 valence electrons. The Morgan fingerprint density at radius 2 is 1.59 bits per heavy atom. The predicted octanol–water partition coefficient (Wildman–Crippen LogP) is 8.80. The monoisotopic (exact) mass is 589 g/mol. The molecule has 0 saturated carbocycles. The summed E-state index contributed by atoms with van der Waals surface area (Å²) in [6.07, 6.45) is 2.44. The predicted molar refractivity (Wildman–Crippen MR) is 175 cm³/mol. The van der Waals surface area contributed by atoms with Crippen LogP contribution in [0.2, 0.25) is 0 Å². The van der Waals surface area contributed by atoms with Crippen LogP contribution in [0.25, 0.3) is 22.2 Å². The molecule has 0 bridgehead atoms. The van der Waals surface area contributed by atoms with Gasteiger partial charge in [0.25, 0.3) is 0 Å². The SMILES string of the molecule is CCCCc1nc2ccc(NC(=O)OCc3ccccc3)cc2n1Cc1ccc(-c2ccccc2C(=O)OC(C)(C)C)cc1. The fraction of sp³-hybridized carbons (Fsp3) is 0.270. The van der Waals surface area contributed by atoms with Crippen LogP contribution < -0.4 is 5.32 Å². The highest BCUT2D eigenvalue weighted by Gasteiger charge is 2.21. The van der Waals surface area contributed by atoms with Crippen molar-refractivity contribution in [2.24, 2.45) is 0 Å². The number of unbranched alkanes of at least 4 members (excludes halogenated alkanes) is 1. The molecule has 7 nitrogen and oxygen atoms in total. The van der Waals surface area contributed by atoms with Crippen molar-refractivity contribution in [3.63, 3.8) is 0 Å². The van der Waals surface area contributed by atoms with Gasteiger partial charge in [0, 0.05) is 18.7 Å². The third kappa shape index (κ3) is 7.72. The smallest absolute Gasteiger partial charge is 0.411 e. The van der Waals surface area contributed by atoms with Gasteiger partial charge in [-0.1, -0.05) is 86.1 Å². The molecule has 0 aliphatic carbocycles. The average molecular weight is 590 g/mol. The lowest BCUT2D eigenvalue weighted by molar-refractivity contribution is 0.00703. The molecule has 0 saturated heterocycles. The van der Waals surface area contributed by atoms with E-state index in [9.17, 15) is 9.59 Å². The molecule has 1 heterocycles. The quantitative estimate of drug-likeness (QED) is 0.165. The number of ether oxygens (including phenoxy) is 2. The summed E-state index contributed by atoms with van der Waals surface area (Å²) in [4.78, 5) is 30.4. The third-order valence-electron chi connectivity index (χ3n) is 7.19. The van der Waals surface area contributed by atoms with Crippen LogP contribution >= 0.6 is 0 Å². The molecule has 0 atom stereocenters. The number of aryl methyl sites for hydroxylation is 1. The van der Waals surface area contributed by atoms with Gasteiger partial charge in [-0.05, 0) is 73.7 Å². The van der Waals surface area contributed by atoms with Gasteiger partial charge in [-0.15, -0.1) is 0 Å². The number of amides is 1. The van der Waals surface area contributed by atoms with Gasteiger partial charge in [0.1, 0.15) is 18.0 Å². The van der Waals surface area contributed by atoms with E-state index in [2.05, 4.69) is 28.9 Å². The first-order valence-electron chi connectivity index (χ1n) is 15.1. The van der Waals surface area contributed by atoms with E-state index >= 15 is 0 Å². The number of aromatic nitrogens is 2. The summed E-state index contributed by atoms with van der Waals surface area (Å²) in [5, 5.41) is 2.86. The average Bonchev–Trinajstić information content (AvgIpc) is 3.35. The first-order valence-corrected chi connectivity index (χ1v) is 15.1. The number of anilines is 1. The van der Waals surface area contributed by atoms with Crippen LogP contribution in [0.15, 0.2) is 97.1 Å². The Hall–Kier alpha value is -4.91. The van der Waals surface area contributed by atoms with Crippen molar-refractivity contribution in [2.45, 2.75) is 65.7 Å². The van der Waals surface area contributed by atoms with E-state index in [1.165, 1.54) is 0 Å². The molecular formula is C37H39N3O4. The second-order valence-corrected chi connectivity index (χ2v) is 11.9. The number of esters is 1. The van der Waals surface area contributed by atoms with Crippen molar-refractivity contribution >= 4 is 28.8 Å². The number of rotatable bonds is 10. The van der Waals surface area contributed by atoms with Crippen molar-refractivity contribution in [1.82, 2.24) is 9.55 Å². The highest BCUT2D eigenvalue weighted by atomic mass is 16.6. The molecule has 1 amide bonds. The Labute approximate surface area is 258 Å². The Morgan fingerprint density at radius 1 is 0.864 bits per heavy atom. The molecule has 0 spiro atoms. The van der Waals surface area contributed by atoms with Crippen molar-refractivity contribution in [3.8, 4) is 11.1 Å². The number of hydrogen-bond acceptors (Lipinski definition) is 5. The highest BCUT2D eigenvalue weighted by Crippen LogP contribution is 2.28. The van der Waals surface area contributed by atoms with Gasteiger partial charge < -0.3 is 14.0 Å². The first kappa shape index (κ1) is 30.5. The van der Waals surface area contributed by atoms with E-state index in [1.54, 1.807) is 6.07 Å². The van der Waals surface area contributed by atoms with E-state index in [-0.39, 0.29) is 12.6 Å². The van der Waals surface area contributed by atoms with Gasteiger partial charge in [-0.3, -0.25) is 5.32 Å². The minimum atomic E-state index is -0.574. The molecular weight excluding hydrogens is 550 g/mol. The van der Waals surface area contributed by atoms with Gasteiger partial charge in [0.2, 0.25) is 0 Å². The van der Waals surface area contributed by atoms with Crippen LogP contribution in [0.1, 0.15) is 67.8 Å². The Morgan fingerprint density at radius 3 is 2.32 bits per heavy atom. The topological polar surface area (TPSA) is 82.5 Å². The number of nitrogens with zero attached hydrogens (tertiary/aromatic N) is 2. The molecule has 4 aromatic carbocycles. The number of fused-ring (bicyclic) bond motifs is 1. The minimum absolute atomic E-state index is 0.201. The third-order valence-corrected chi connectivity index (χ3v) is 7.19. The van der Waals surface area contributed by atoms with Crippen molar-refractivity contribution in [1.29, 1.82) is 0 Å².